The molecule has 2 N–H and O–H groups in total. The zero-order chi connectivity index (χ0) is 16.4. The van der Waals surface area contributed by atoms with Crippen molar-refractivity contribution in [2.24, 2.45) is 5.10 Å². The van der Waals surface area contributed by atoms with Gasteiger partial charge in [-0.3, -0.25) is 5.43 Å². The molecule has 0 aromatic heterocycles. The van der Waals surface area contributed by atoms with E-state index in [9.17, 15) is 22.0 Å². The Hall–Kier alpha value is -2.64. The molecule has 2 rings (SSSR count). The highest BCUT2D eigenvalue weighted by Crippen LogP contribution is 2.27. The number of aromatic hydroxyl groups is 1. The quantitative estimate of drug-likeness (QED) is 0.296. The predicted molar refractivity (Wildman–Crippen MR) is 70.2 cm³/mol. The summed E-state index contributed by atoms with van der Waals surface area (Å²) in [5.41, 5.74) is 1.28. The summed E-state index contributed by atoms with van der Waals surface area (Å²) in [6, 6.07) is 5.64. The van der Waals surface area contributed by atoms with Crippen LogP contribution in [-0.4, -0.2) is 10.8 Å². The van der Waals surface area contributed by atoms with Gasteiger partial charge in [-0.1, -0.05) is 0 Å². The predicted octanol–water partition coefficient (Wildman–Crippen LogP) is 3.92. The van der Waals surface area contributed by atoms with E-state index in [1.54, 1.807) is 0 Å². The van der Waals surface area contributed by atoms with Crippen molar-refractivity contribution >= 4 is 11.4 Å². The standard InChI is InChI=1S/C14H9F5N2O/c1-6(7-2-4-8(22)5-3-7)20-21-14-12(18)10(16)9(15)11(17)13(14)19/h2-5,21-22H,1H3. The Morgan fingerprint density at radius 3 is 1.82 bits per heavy atom. The van der Waals surface area contributed by atoms with Crippen molar-refractivity contribution in [3.63, 3.8) is 0 Å². The molecule has 0 atom stereocenters. The molecule has 2 aromatic carbocycles. The van der Waals surface area contributed by atoms with Crippen LogP contribution >= 0.6 is 0 Å². The van der Waals surface area contributed by atoms with Gasteiger partial charge in [-0.2, -0.15) is 5.10 Å². The number of hydrogen-bond acceptors (Lipinski definition) is 3. The number of halogens is 5. The molecule has 0 saturated carbocycles. The maximum atomic E-state index is 13.4. The second kappa shape index (κ2) is 6.00. The fourth-order valence-electron chi connectivity index (χ4n) is 1.61. The summed E-state index contributed by atoms with van der Waals surface area (Å²) in [5.74, 6) is -10.3. The van der Waals surface area contributed by atoms with Crippen LogP contribution < -0.4 is 5.43 Å². The number of nitrogens with zero attached hydrogens (tertiary/aromatic N) is 1. The lowest BCUT2D eigenvalue weighted by Crippen LogP contribution is -2.08. The van der Waals surface area contributed by atoms with Crippen LogP contribution in [0.4, 0.5) is 27.6 Å². The van der Waals surface area contributed by atoms with Gasteiger partial charge in [-0.15, -0.1) is 0 Å². The summed E-state index contributed by atoms with van der Waals surface area (Å²) in [6.07, 6.45) is 0. The molecule has 0 fully saturated rings. The molecule has 0 amide bonds. The molecule has 2 aromatic rings. The highest BCUT2D eigenvalue weighted by molar-refractivity contribution is 5.99. The van der Waals surface area contributed by atoms with Crippen molar-refractivity contribution in [3.8, 4) is 5.75 Å². The summed E-state index contributed by atoms with van der Waals surface area (Å²) >= 11 is 0. The van der Waals surface area contributed by atoms with Crippen molar-refractivity contribution < 1.29 is 27.1 Å². The van der Waals surface area contributed by atoms with Crippen molar-refractivity contribution in [1.82, 2.24) is 0 Å². The van der Waals surface area contributed by atoms with E-state index in [1.807, 2.05) is 5.43 Å². The second-order valence-corrected chi connectivity index (χ2v) is 4.30. The van der Waals surface area contributed by atoms with Gasteiger partial charge in [0.2, 0.25) is 5.82 Å². The largest absolute Gasteiger partial charge is 0.508 e. The highest BCUT2D eigenvalue weighted by atomic mass is 19.2. The van der Waals surface area contributed by atoms with Crippen LogP contribution in [0.2, 0.25) is 0 Å². The molecular formula is C14H9F5N2O. The number of phenolic OH excluding ortho intramolecular Hbond substituents is 1. The van der Waals surface area contributed by atoms with Gasteiger partial charge in [0.25, 0.3) is 0 Å². The lowest BCUT2D eigenvalue weighted by molar-refractivity contribution is 0.381. The van der Waals surface area contributed by atoms with Crippen LogP contribution in [0.5, 0.6) is 5.75 Å². The van der Waals surface area contributed by atoms with Crippen molar-refractivity contribution in [2.45, 2.75) is 6.92 Å². The Morgan fingerprint density at radius 1 is 0.864 bits per heavy atom. The molecule has 3 nitrogen and oxygen atoms in total. The van der Waals surface area contributed by atoms with Crippen molar-refractivity contribution in [2.75, 3.05) is 5.43 Å². The summed E-state index contributed by atoms with van der Waals surface area (Å²) in [6.45, 7) is 1.45. The SMILES string of the molecule is CC(=NNc1c(F)c(F)c(F)c(F)c1F)c1ccc(O)cc1. The Morgan fingerprint density at radius 2 is 1.32 bits per heavy atom. The molecule has 116 valence electrons. The summed E-state index contributed by atoms with van der Waals surface area (Å²) in [5, 5.41) is 12.7. The molecule has 0 aliphatic rings. The zero-order valence-corrected chi connectivity index (χ0v) is 11.1. The minimum Gasteiger partial charge on any atom is -0.508 e. The topological polar surface area (TPSA) is 44.6 Å². The Bertz CT molecular complexity index is 715. The van der Waals surface area contributed by atoms with Gasteiger partial charge in [-0.05, 0) is 36.8 Å². The summed E-state index contributed by atoms with van der Waals surface area (Å²) in [7, 11) is 0. The number of rotatable bonds is 3. The van der Waals surface area contributed by atoms with Gasteiger partial charge >= 0.3 is 0 Å². The summed E-state index contributed by atoms with van der Waals surface area (Å²) in [4.78, 5) is 0. The number of benzene rings is 2. The number of hydrogen-bond donors (Lipinski definition) is 2. The van der Waals surface area contributed by atoms with E-state index in [-0.39, 0.29) is 11.5 Å². The van der Waals surface area contributed by atoms with E-state index in [0.717, 1.165) is 0 Å². The molecule has 0 radical (unpaired) electrons. The molecule has 0 bridgehead atoms. The van der Waals surface area contributed by atoms with E-state index < -0.39 is 34.8 Å². The van der Waals surface area contributed by atoms with Gasteiger partial charge in [0, 0.05) is 0 Å². The summed E-state index contributed by atoms with van der Waals surface area (Å²) < 4.78 is 65.8. The van der Waals surface area contributed by atoms with Crippen LogP contribution in [-0.2, 0) is 0 Å². The van der Waals surface area contributed by atoms with Crippen LogP contribution in [0.3, 0.4) is 0 Å². The van der Waals surface area contributed by atoms with Gasteiger partial charge < -0.3 is 5.11 Å². The first-order valence-corrected chi connectivity index (χ1v) is 5.94. The molecule has 0 spiro atoms. The van der Waals surface area contributed by atoms with E-state index in [2.05, 4.69) is 5.10 Å². The van der Waals surface area contributed by atoms with Crippen LogP contribution in [0.25, 0.3) is 0 Å². The minimum atomic E-state index is -2.24. The average molecular weight is 316 g/mol. The maximum Gasteiger partial charge on any atom is 0.200 e. The monoisotopic (exact) mass is 316 g/mol. The normalized spacial score (nSPS) is 11.6. The smallest absolute Gasteiger partial charge is 0.200 e. The minimum absolute atomic E-state index is 0.00396. The van der Waals surface area contributed by atoms with E-state index in [1.165, 1.54) is 31.2 Å². The van der Waals surface area contributed by atoms with Gasteiger partial charge in [-0.25, -0.2) is 22.0 Å². The Balaban J connectivity index is 2.35. The number of hydrazone groups is 1. The molecule has 0 saturated heterocycles. The lowest BCUT2D eigenvalue weighted by atomic mass is 10.1. The molecule has 0 heterocycles. The van der Waals surface area contributed by atoms with Crippen LogP contribution in [0.1, 0.15) is 12.5 Å². The Kier molecular flexibility index (Phi) is 4.30. The third-order valence-electron chi connectivity index (χ3n) is 2.83. The van der Waals surface area contributed by atoms with Gasteiger partial charge in [0.05, 0.1) is 5.71 Å². The first-order chi connectivity index (χ1) is 10.3. The van der Waals surface area contributed by atoms with Gasteiger partial charge in [0.1, 0.15) is 11.4 Å². The first-order valence-electron chi connectivity index (χ1n) is 5.94. The third kappa shape index (κ3) is 2.85. The van der Waals surface area contributed by atoms with Crippen LogP contribution in [0, 0.1) is 29.1 Å². The number of phenols is 1. The number of anilines is 1. The van der Waals surface area contributed by atoms with Crippen molar-refractivity contribution in [1.29, 1.82) is 0 Å². The highest BCUT2D eigenvalue weighted by Gasteiger charge is 2.25. The lowest BCUT2D eigenvalue weighted by Gasteiger charge is -2.08. The molecule has 0 unspecified atom stereocenters. The third-order valence-corrected chi connectivity index (χ3v) is 2.83. The molecule has 22 heavy (non-hydrogen) atoms. The van der Waals surface area contributed by atoms with Gasteiger partial charge in [0.15, 0.2) is 23.3 Å². The van der Waals surface area contributed by atoms with E-state index >= 15 is 0 Å². The second-order valence-electron chi connectivity index (χ2n) is 4.30. The van der Waals surface area contributed by atoms with Crippen LogP contribution in [0.15, 0.2) is 29.4 Å². The Labute approximate surface area is 121 Å². The number of nitrogens with one attached hydrogen (secondary N) is 1. The first kappa shape index (κ1) is 15.7. The fraction of sp³-hybridized carbons (Fsp3) is 0.0714. The molecule has 0 aliphatic carbocycles. The van der Waals surface area contributed by atoms with Crippen molar-refractivity contribution in [3.05, 3.63) is 58.9 Å². The molecule has 8 heteroatoms. The molecule has 0 aliphatic heterocycles. The molecular weight excluding hydrogens is 307 g/mol. The fourth-order valence-corrected chi connectivity index (χ4v) is 1.61. The zero-order valence-electron chi connectivity index (χ0n) is 11.1. The maximum absolute atomic E-state index is 13.4. The van der Waals surface area contributed by atoms with E-state index in [4.69, 9.17) is 5.11 Å². The average Bonchev–Trinajstić information content (AvgIpc) is 2.51. The van der Waals surface area contributed by atoms with E-state index in [0.29, 0.717) is 5.56 Å².